The van der Waals surface area contributed by atoms with Gasteiger partial charge in [-0.25, -0.2) is 9.50 Å². The van der Waals surface area contributed by atoms with Crippen LogP contribution in [0.4, 0.5) is 0 Å². The summed E-state index contributed by atoms with van der Waals surface area (Å²) in [5, 5.41) is 4.30. The number of ether oxygens (including phenoxy) is 1. The Morgan fingerprint density at radius 1 is 1.13 bits per heavy atom. The Balaban J connectivity index is 2.15. The lowest BCUT2D eigenvalue weighted by Crippen LogP contribution is -2.21. The van der Waals surface area contributed by atoms with Crippen LogP contribution in [-0.2, 0) is 0 Å². The van der Waals surface area contributed by atoms with Crippen molar-refractivity contribution in [2.45, 2.75) is 0 Å². The second kappa shape index (κ2) is 5.20. The molecule has 0 aliphatic carbocycles. The van der Waals surface area contributed by atoms with Gasteiger partial charge in [0.15, 0.2) is 5.65 Å². The van der Waals surface area contributed by atoms with Crippen LogP contribution in [0.5, 0.6) is 5.75 Å². The minimum atomic E-state index is -0.158. The van der Waals surface area contributed by atoms with E-state index in [1.165, 1.54) is 0 Å². The van der Waals surface area contributed by atoms with Gasteiger partial charge >= 0.3 is 0 Å². The lowest BCUT2D eigenvalue weighted by molar-refractivity contribution is 0.415. The van der Waals surface area contributed by atoms with Crippen molar-refractivity contribution in [2.24, 2.45) is 0 Å². The summed E-state index contributed by atoms with van der Waals surface area (Å²) >= 11 is 3.32. The number of pyridine rings is 1. The highest BCUT2D eigenvalue weighted by atomic mass is 79.9. The molecule has 3 heterocycles. The van der Waals surface area contributed by atoms with E-state index in [2.05, 4.69) is 26.0 Å². The Morgan fingerprint density at radius 3 is 2.65 bits per heavy atom. The second-order valence-corrected chi connectivity index (χ2v) is 5.76. The van der Waals surface area contributed by atoms with E-state index in [1.807, 2.05) is 30.3 Å². The summed E-state index contributed by atoms with van der Waals surface area (Å²) in [5.41, 5.74) is 2.34. The number of halogens is 1. The fraction of sp³-hybridized carbons (Fsp3) is 0.0625. The fourth-order valence-electron chi connectivity index (χ4n) is 2.60. The Bertz CT molecular complexity index is 1080. The van der Waals surface area contributed by atoms with Crippen molar-refractivity contribution in [3.63, 3.8) is 0 Å². The van der Waals surface area contributed by atoms with Gasteiger partial charge in [-0.05, 0) is 52.3 Å². The molecule has 114 valence electrons. The molecule has 0 atom stereocenters. The van der Waals surface area contributed by atoms with Gasteiger partial charge in [0.05, 0.1) is 12.6 Å². The highest BCUT2D eigenvalue weighted by Gasteiger charge is 2.15. The van der Waals surface area contributed by atoms with Gasteiger partial charge in [0.1, 0.15) is 15.9 Å². The first-order chi connectivity index (χ1) is 11.2. The average Bonchev–Trinajstić information content (AvgIpc) is 2.98. The maximum atomic E-state index is 12.9. The largest absolute Gasteiger partial charge is 0.497 e. The van der Waals surface area contributed by atoms with Crippen molar-refractivity contribution in [2.75, 3.05) is 7.11 Å². The number of aromatic nitrogens is 4. The maximum absolute atomic E-state index is 12.9. The molecule has 0 radical (unpaired) electrons. The molecule has 23 heavy (non-hydrogen) atoms. The summed E-state index contributed by atoms with van der Waals surface area (Å²) in [4.78, 5) is 17.3. The van der Waals surface area contributed by atoms with Crippen LogP contribution in [-0.4, -0.2) is 26.3 Å². The maximum Gasteiger partial charge on any atom is 0.281 e. The van der Waals surface area contributed by atoms with Crippen molar-refractivity contribution in [1.29, 1.82) is 0 Å². The normalized spacial score (nSPS) is 11.2. The summed E-state index contributed by atoms with van der Waals surface area (Å²) in [6.45, 7) is 0. The van der Waals surface area contributed by atoms with E-state index in [0.29, 0.717) is 21.3 Å². The topological polar surface area (TPSA) is 61.4 Å². The van der Waals surface area contributed by atoms with Gasteiger partial charge in [0.2, 0.25) is 0 Å². The third kappa shape index (κ3) is 2.12. The fourth-order valence-corrected chi connectivity index (χ4v) is 2.98. The first-order valence-electron chi connectivity index (χ1n) is 6.88. The zero-order valence-corrected chi connectivity index (χ0v) is 13.7. The van der Waals surface area contributed by atoms with Gasteiger partial charge in [-0.3, -0.25) is 9.36 Å². The van der Waals surface area contributed by atoms with Gasteiger partial charge in [-0.15, -0.1) is 0 Å². The molecule has 4 rings (SSSR count). The molecule has 0 aliphatic heterocycles. The number of hydrogen-bond acceptors (Lipinski definition) is 4. The van der Waals surface area contributed by atoms with Crippen LogP contribution in [0, 0.1) is 0 Å². The van der Waals surface area contributed by atoms with Crippen molar-refractivity contribution in [1.82, 2.24) is 19.2 Å². The molecule has 4 aromatic rings. The van der Waals surface area contributed by atoms with E-state index in [1.54, 1.807) is 34.5 Å². The molecule has 3 aromatic heterocycles. The van der Waals surface area contributed by atoms with Crippen molar-refractivity contribution in [3.05, 3.63) is 63.6 Å². The number of fused-ring (bicyclic) bond motifs is 3. The molecule has 0 bridgehead atoms. The molecular weight excluding hydrogens is 360 g/mol. The summed E-state index contributed by atoms with van der Waals surface area (Å²) in [5.74, 6) is 0.734. The Labute approximate surface area is 139 Å². The van der Waals surface area contributed by atoms with E-state index in [9.17, 15) is 4.79 Å². The Kier molecular flexibility index (Phi) is 3.16. The predicted octanol–water partition coefficient (Wildman–Crippen LogP) is 2.80. The van der Waals surface area contributed by atoms with E-state index in [0.717, 1.165) is 11.4 Å². The van der Waals surface area contributed by atoms with Gasteiger partial charge in [0.25, 0.3) is 5.56 Å². The minimum Gasteiger partial charge on any atom is -0.497 e. The average molecular weight is 371 g/mol. The molecule has 7 heteroatoms. The first kappa shape index (κ1) is 14.0. The van der Waals surface area contributed by atoms with Crippen LogP contribution in [0.1, 0.15) is 0 Å². The molecular formula is C16H11BrN4O2. The number of hydrogen-bond donors (Lipinski definition) is 0. The van der Waals surface area contributed by atoms with Crippen molar-refractivity contribution >= 4 is 32.6 Å². The lowest BCUT2D eigenvalue weighted by Gasteiger charge is -2.11. The number of methoxy groups -OCH3 is 1. The summed E-state index contributed by atoms with van der Waals surface area (Å²) < 4.78 is 8.96. The predicted molar refractivity (Wildman–Crippen MR) is 90.3 cm³/mol. The van der Waals surface area contributed by atoms with Crippen LogP contribution in [0.3, 0.4) is 0 Å². The zero-order chi connectivity index (χ0) is 16.0. The quantitative estimate of drug-likeness (QED) is 0.544. The van der Waals surface area contributed by atoms with Crippen LogP contribution < -0.4 is 10.3 Å². The second-order valence-electron chi connectivity index (χ2n) is 4.95. The molecule has 0 spiro atoms. The van der Waals surface area contributed by atoms with Crippen molar-refractivity contribution in [3.8, 4) is 11.4 Å². The number of benzene rings is 1. The molecule has 0 fully saturated rings. The van der Waals surface area contributed by atoms with Gasteiger partial charge in [0, 0.05) is 18.0 Å². The summed E-state index contributed by atoms with van der Waals surface area (Å²) in [7, 11) is 1.61. The van der Waals surface area contributed by atoms with Gasteiger partial charge in [-0.1, -0.05) is 0 Å². The third-order valence-corrected chi connectivity index (χ3v) is 4.03. The SMILES string of the molecule is COc1ccc(-n2c(=O)c3cc(Br)nn3c3ncccc32)cc1. The molecule has 0 unspecified atom stereocenters. The van der Waals surface area contributed by atoms with Gasteiger partial charge in [-0.2, -0.15) is 5.10 Å². The summed E-state index contributed by atoms with van der Waals surface area (Å²) in [6.07, 6.45) is 1.68. The van der Waals surface area contributed by atoms with E-state index >= 15 is 0 Å². The van der Waals surface area contributed by atoms with Crippen LogP contribution in [0.15, 0.2) is 58.1 Å². The number of rotatable bonds is 2. The third-order valence-electron chi connectivity index (χ3n) is 3.64. The highest BCUT2D eigenvalue weighted by Crippen LogP contribution is 2.20. The van der Waals surface area contributed by atoms with E-state index < -0.39 is 0 Å². The zero-order valence-electron chi connectivity index (χ0n) is 12.1. The molecule has 0 saturated heterocycles. The Morgan fingerprint density at radius 2 is 1.91 bits per heavy atom. The Hall–Kier alpha value is -2.67. The molecule has 6 nitrogen and oxygen atoms in total. The lowest BCUT2D eigenvalue weighted by atomic mass is 10.2. The van der Waals surface area contributed by atoms with Gasteiger partial charge < -0.3 is 4.74 Å². The molecule has 0 saturated carbocycles. The standard InChI is InChI=1S/C16H11BrN4O2/c1-23-11-6-4-10(5-7-11)20-12-3-2-8-18-15(12)21-13(16(20)22)9-14(17)19-21/h2-9H,1H3. The molecule has 0 N–H and O–H groups in total. The van der Waals surface area contributed by atoms with Crippen LogP contribution in [0.2, 0.25) is 0 Å². The van der Waals surface area contributed by atoms with E-state index in [4.69, 9.17) is 4.74 Å². The molecule has 0 amide bonds. The highest BCUT2D eigenvalue weighted by molar-refractivity contribution is 9.10. The minimum absolute atomic E-state index is 0.158. The van der Waals surface area contributed by atoms with Crippen LogP contribution in [0.25, 0.3) is 22.4 Å². The number of nitrogens with zero attached hydrogens (tertiary/aromatic N) is 4. The van der Waals surface area contributed by atoms with Crippen molar-refractivity contribution < 1.29 is 4.74 Å². The molecule has 0 aliphatic rings. The monoisotopic (exact) mass is 370 g/mol. The molecule has 1 aromatic carbocycles. The smallest absolute Gasteiger partial charge is 0.281 e. The van der Waals surface area contributed by atoms with E-state index in [-0.39, 0.29) is 5.56 Å². The summed E-state index contributed by atoms with van der Waals surface area (Å²) in [6, 6.07) is 12.7. The first-order valence-corrected chi connectivity index (χ1v) is 7.68. The van der Waals surface area contributed by atoms with Crippen LogP contribution >= 0.6 is 15.9 Å².